The molecular weight excluding hydrogens is 298 g/mol. The first-order valence-corrected chi connectivity index (χ1v) is 9.12. The van der Waals surface area contributed by atoms with Crippen molar-refractivity contribution in [2.24, 2.45) is 10.4 Å². The van der Waals surface area contributed by atoms with E-state index in [-0.39, 0.29) is 0 Å². The third-order valence-electron chi connectivity index (χ3n) is 5.36. The van der Waals surface area contributed by atoms with Crippen LogP contribution in [0.4, 0.5) is 0 Å². The van der Waals surface area contributed by atoms with Gasteiger partial charge in [0.2, 0.25) is 0 Å². The van der Waals surface area contributed by atoms with Crippen molar-refractivity contribution >= 4 is 11.6 Å². The maximum absolute atomic E-state index is 4.63. The summed E-state index contributed by atoms with van der Waals surface area (Å²) in [6, 6.07) is 6.07. The maximum Gasteiger partial charge on any atom is 0.191 e. The number of nitrogens with zero attached hydrogens (tertiary/aromatic N) is 3. The summed E-state index contributed by atoms with van der Waals surface area (Å²) in [5.41, 5.74) is 2.57. The van der Waals surface area contributed by atoms with E-state index in [1.807, 2.05) is 31.4 Å². The van der Waals surface area contributed by atoms with Gasteiger partial charge in [-0.15, -0.1) is 0 Å². The summed E-state index contributed by atoms with van der Waals surface area (Å²) in [6.07, 6.45) is 11.7. The van der Waals surface area contributed by atoms with Gasteiger partial charge in [-0.3, -0.25) is 4.99 Å². The van der Waals surface area contributed by atoms with Gasteiger partial charge >= 0.3 is 0 Å². The minimum Gasteiger partial charge on any atom is -0.356 e. The number of aliphatic imine (C=N–C) groups is 1. The Labute approximate surface area is 144 Å². The topological polar surface area (TPSA) is 53.7 Å². The van der Waals surface area contributed by atoms with Crippen LogP contribution in [-0.2, 0) is 6.42 Å². The van der Waals surface area contributed by atoms with Crippen LogP contribution < -0.4 is 10.6 Å². The number of fused-ring (bicyclic) bond motifs is 1. The largest absolute Gasteiger partial charge is 0.356 e. The van der Waals surface area contributed by atoms with Crippen molar-refractivity contribution in [3.05, 3.63) is 36.3 Å². The first kappa shape index (κ1) is 16.8. The standard InChI is InChI=1S/C19H29N5/c1-3-19(10-5-6-11-19)15-22-18(20-2)21-12-9-16-14-24-13-7-4-8-17(24)23-16/h4,7-8,13-14H,3,5-6,9-12,15H2,1-2H3,(H2,20,21,22). The monoisotopic (exact) mass is 327 g/mol. The Morgan fingerprint density at radius 1 is 1.29 bits per heavy atom. The molecule has 5 heteroatoms. The van der Waals surface area contributed by atoms with Crippen LogP contribution in [0.1, 0.15) is 44.7 Å². The van der Waals surface area contributed by atoms with Gasteiger partial charge in [0.15, 0.2) is 5.96 Å². The summed E-state index contributed by atoms with van der Waals surface area (Å²) < 4.78 is 2.06. The van der Waals surface area contributed by atoms with Crippen LogP contribution >= 0.6 is 0 Å². The molecule has 0 unspecified atom stereocenters. The molecule has 5 nitrogen and oxygen atoms in total. The minimum absolute atomic E-state index is 0.471. The molecule has 0 amide bonds. The highest BCUT2D eigenvalue weighted by Gasteiger charge is 2.31. The van der Waals surface area contributed by atoms with Gasteiger partial charge in [0.05, 0.1) is 5.69 Å². The summed E-state index contributed by atoms with van der Waals surface area (Å²) in [5.74, 6) is 0.901. The van der Waals surface area contributed by atoms with Crippen molar-refractivity contribution in [3.63, 3.8) is 0 Å². The van der Waals surface area contributed by atoms with Crippen LogP contribution in [0, 0.1) is 5.41 Å². The number of rotatable bonds is 6. The average Bonchev–Trinajstić information content (AvgIpc) is 3.24. The Hall–Kier alpha value is -2.04. The number of pyridine rings is 1. The second kappa shape index (κ2) is 7.69. The molecule has 0 atom stereocenters. The summed E-state index contributed by atoms with van der Waals surface area (Å²) in [5, 5.41) is 6.95. The second-order valence-corrected chi connectivity index (χ2v) is 6.86. The van der Waals surface area contributed by atoms with E-state index >= 15 is 0 Å². The smallest absolute Gasteiger partial charge is 0.191 e. The van der Waals surface area contributed by atoms with Gasteiger partial charge in [-0.25, -0.2) is 4.98 Å². The summed E-state index contributed by atoms with van der Waals surface area (Å²) in [7, 11) is 1.84. The molecule has 0 bridgehead atoms. The van der Waals surface area contributed by atoms with Crippen LogP contribution in [-0.4, -0.2) is 35.5 Å². The quantitative estimate of drug-likeness (QED) is 0.633. The van der Waals surface area contributed by atoms with Gasteiger partial charge in [-0.1, -0.05) is 25.8 Å². The van der Waals surface area contributed by atoms with Crippen LogP contribution in [0.2, 0.25) is 0 Å². The predicted octanol–water partition coefficient (Wildman–Crippen LogP) is 3.01. The normalized spacial score (nSPS) is 17.3. The van der Waals surface area contributed by atoms with E-state index < -0.39 is 0 Å². The lowest BCUT2D eigenvalue weighted by Gasteiger charge is -2.28. The molecule has 1 aliphatic rings. The Balaban J connectivity index is 1.47. The molecule has 130 valence electrons. The van der Waals surface area contributed by atoms with E-state index in [9.17, 15) is 0 Å². The highest BCUT2D eigenvalue weighted by atomic mass is 15.2. The zero-order valence-corrected chi connectivity index (χ0v) is 14.9. The molecule has 24 heavy (non-hydrogen) atoms. The third kappa shape index (κ3) is 3.89. The average molecular weight is 327 g/mol. The second-order valence-electron chi connectivity index (χ2n) is 6.86. The Morgan fingerprint density at radius 2 is 2.12 bits per heavy atom. The number of aromatic nitrogens is 2. The fourth-order valence-corrected chi connectivity index (χ4v) is 3.69. The molecule has 0 aliphatic heterocycles. The van der Waals surface area contributed by atoms with E-state index in [0.717, 1.165) is 36.8 Å². The first-order valence-electron chi connectivity index (χ1n) is 9.12. The lowest BCUT2D eigenvalue weighted by molar-refractivity contribution is 0.283. The molecule has 0 radical (unpaired) electrons. The molecule has 2 heterocycles. The SMILES string of the molecule is CCC1(CNC(=NC)NCCc2cn3ccccc3n2)CCCC1. The molecule has 2 aromatic rings. The van der Waals surface area contributed by atoms with Gasteiger partial charge in [0.25, 0.3) is 0 Å². The van der Waals surface area contributed by atoms with Gasteiger partial charge in [-0.2, -0.15) is 0 Å². The van der Waals surface area contributed by atoms with E-state index in [2.05, 4.69) is 38.1 Å². The van der Waals surface area contributed by atoms with E-state index in [4.69, 9.17) is 0 Å². The lowest BCUT2D eigenvalue weighted by Crippen LogP contribution is -2.43. The van der Waals surface area contributed by atoms with Crippen molar-refractivity contribution < 1.29 is 0 Å². The van der Waals surface area contributed by atoms with Crippen molar-refractivity contribution in [1.29, 1.82) is 0 Å². The summed E-state index contributed by atoms with van der Waals surface area (Å²) in [6.45, 7) is 4.17. The van der Waals surface area contributed by atoms with Crippen molar-refractivity contribution in [3.8, 4) is 0 Å². The summed E-state index contributed by atoms with van der Waals surface area (Å²) in [4.78, 5) is 8.99. The Bertz CT molecular complexity index is 649. The van der Waals surface area contributed by atoms with Crippen molar-refractivity contribution in [2.75, 3.05) is 20.1 Å². The third-order valence-corrected chi connectivity index (χ3v) is 5.36. The number of hydrogen-bond acceptors (Lipinski definition) is 2. The molecule has 3 rings (SSSR count). The van der Waals surface area contributed by atoms with Gasteiger partial charge in [0.1, 0.15) is 5.65 Å². The molecule has 0 spiro atoms. The maximum atomic E-state index is 4.63. The molecular formula is C19H29N5. The molecule has 1 fully saturated rings. The van der Waals surface area contributed by atoms with Gasteiger partial charge in [-0.05, 0) is 36.8 Å². The van der Waals surface area contributed by atoms with Gasteiger partial charge in [0, 0.05) is 39.0 Å². The molecule has 1 saturated carbocycles. The zero-order chi connectivity index (χ0) is 16.8. The molecule has 0 saturated heterocycles. The Morgan fingerprint density at radius 3 is 2.83 bits per heavy atom. The molecule has 1 aliphatic carbocycles. The van der Waals surface area contributed by atoms with E-state index in [1.54, 1.807) is 0 Å². The molecule has 2 N–H and O–H groups in total. The highest BCUT2D eigenvalue weighted by Crippen LogP contribution is 2.40. The van der Waals surface area contributed by atoms with Crippen molar-refractivity contribution in [2.45, 2.75) is 45.4 Å². The number of imidazole rings is 1. The van der Waals surface area contributed by atoms with Crippen LogP contribution in [0.25, 0.3) is 5.65 Å². The van der Waals surface area contributed by atoms with Crippen LogP contribution in [0.15, 0.2) is 35.6 Å². The lowest BCUT2D eigenvalue weighted by atomic mass is 9.83. The highest BCUT2D eigenvalue weighted by molar-refractivity contribution is 5.79. The van der Waals surface area contributed by atoms with E-state index in [0.29, 0.717) is 5.41 Å². The predicted molar refractivity (Wildman–Crippen MR) is 99.5 cm³/mol. The first-order chi connectivity index (χ1) is 11.7. The minimum atomic E-state index is 0.471. The van der Waals surface area contributed by atoms with Crippen molar-refractivity contribution in [1.82, 2.24) is 20.0 Å². The van der Waals surface area contributed by atoms with Crippen LogP contribution in [0.5, 0.6) is 0 Å². The fourth-order valence-electron chi connectivity index (χ4n) is 3.69. The zero-order valence-electron chi connectivity index (χ0n) is 14.9. The number of nitrogens with one attached hydrogen (secondary N) is 2. The molecule has 0 aromatic carbocycles. The van der Waals surface area contributed by atoms with Crippen LogP contribution in [0.3, 0.4) is 0 Å². The van der Waals surface area contributed by atoms with E-state index in [1.165, 1.54) is 32.1 Å². The summed E-state index contributed by atoms with van der Waals surface area (Å²) >= 11 is 0. The number of guanidine groups is 1. The Kier molecular flexibility index (Phi) is 5.38. The van der Waals surface area contributed by atoms with Gasteiger partial charge < -0.3 is 15.0 Å². The number of hydrogen-bond donors (Lipinski definition) is 2. The fraction of sp³-hybridized carbons (Fsp3) is 0.579. The molecule has 2 aromatic heterocycles.